The van der Waals surface area contributed by atoms with Gasteiger partial charge < -0.3 is 5.32 Å². The van der Waals surface area contributed by atoms with Crippen LogP contribution in [0.4, 0.5) is 17.6 Å². The van der Waals surface area contributed by atoms with Crippen LogP contribution in [0.25, 0.3) is 0 Å². The average molecular weight is 290 g/mol. The maximum Gasteiger partial charge on any atom is 0.419 e. The van der Waals surface area contributed by atoms with Crippen molar-refractivity contribution in [2.75, 3.05) is 26.7 Å². The predicted molar refractivity (Wildman–Crippen MR) is 68.7 cm³/mol. The van der Waals surface area contributed by atoms with E-state index in [2.05, 4.69) is 10.2 Å². The standard InChI is InChI=1S/C14H18F4N2/c1-19-7-11-4-5-20(9-11)8-10-2-3-13(15)12(6-10)14(16,17)18/h2-3,6,11,19H,4-5,7-9H2,1H3/t11-/m0/s1. The Morgan fingerprint density at radius 1 is 1.35 bits per heavy atom. The van der Waals surface area contributed by atoms with Crippen molar-refractivity contribution in [3.8, 4) is 0 Å². The first-order valence-electron chi connectivity index (χ1n) is 6.62. The molecule has 0 unspecified atom stereocenters. The van der Waals surface area contributed by atoms with Crippen molar-refractivity contribution in [3.63, 3.8) is 0 Å². The normalized spacial score (nSPS) is 20.6. The fraction of sp³-hybridized carbons (Fsp3) is 0.571. The number of hydrogen-bond acceptors (Lipinski definition) is 2. The Bertz CT molecular complexity index is 459. The summed E-state index contributed by atoms with van der Waals surface area (Å²) in [6.07, 6.45) is -3.60. The Morgan fingerprint density at radius 3 is 2.75 bits per heavy atom. The highest BCUT2D eigenvalue weighted by Gasteiger charge is 2.34. The number of likely N-dealkylation sites (tertiary alicyclic amines) is 1. The van der Waals surface area contributed by atoms with Crippen LogP contribution in [-0.2, 0) is 12.7 Å². The van der Waals surface area contributed by atoms with Crippen molar-refractivity contribution in [2.45, 2.75) is 19.1 Å². The van der Waals surface area contributed by atoms with E-state index in [1.165, 1.54) is 6.07 Å². The Balaban J connectivity index is 2.04. The molecule has 2 nitrogen and oxygen atoms in total. The number of nitrogens with one attached hydrogen (secondary N) is 1. The maximum absolute atomic E-state index is 13.2. The topological polar surface area (TPSA) is 15.3 Å². The van der Waals surface area contributed by atoms with Gasteiger partial charge in [0.05, 0.1) is 5.56 Å². The number of halogens is 4. The summed E-state index contributed by atoms with van der Waals surface area (Å²) < 4.78 is 51.1. The van der Waals surface area contributed by atoms with Crippen molar-refractivity contribution in [1.82, 2.24) is 10.2 Å². The van der Waals surface area contributed by atoms with Crippen LogP contribution in [-0.4, -0.2) is 31.6 Å². The van der Waals surface area contributed by atoms with Gasteiger partial charge in [-0.2, -0.15) is 13.2 Å². The summed E-state index contributed by atoms with van der Waals surface area (Å²) in [6.45, 7) is 3.07. The lowest BCUT2D eigenvalue weighted by atomic mass is 10.1. The summed E-state index contributed by atoms with van der Waals surface area (Å²) in [5.41, 5.74) is -0.676. The van der Waals surface area contributed by atoms with Gasteiger partial charge in [0.1, 0.15) is 5.82 Å². The molecule has 112 valence electrons. The van der Waals surface area contributed by atoms with Crippen molar-refractivity contribution in [3.05, 3.63) is 35.1 Å². The maximum atomic E-state index is 13.2. The summed E-state index contributed by atoms with van der Waals surface area (Å²) in [4.78, 5) is 2.11. The monoisotopic (exact) mass is 290 g/mol. The molecule has 0 amide bonds. The third kappa shape index (κ3) is 3.70. The highest BCUT2D eigenvalue weighted by molar-refractivity contribution is 5.27. The lowest BCUT2D eigenvalue weighted by molar-refractivity contribution is -0.140. The van der Waals surface area contributed by atoms with E-state index in [-0.39, 0.29) is 0 Å². The molecule has 0 radical (unpaired) electrons. The molecule has 6 heteroatoms. The molecule has 1 aromatic rings. The molecule has 1 N–H and O–H groups in total. The van der Waals surface area contributed by atoms with Gasteiger partial charge in [0, 0.05) is 13.1 Å². The van der Waals surface area contributed by atoms with Gasteiger partial charge in [-0.1, -0.05) is 6.07 Å². The van der Waals surface area contributed by atoms with E-state index < -0.39 is 17.6 Å². The third-order valence-electron chi connectivity index (χ3n) is 3.61. The van der Waals surface area contributed by atoms with Crippen molar-refractivity contribution >= 4 is 0 Å². The molecule has 1 fully saturated rings. The fourth-order valence-electron chi connectivity index (χ4n) is 2.66. The number of benzene rings is 1. The highest BCUT2D eigenvalue weighted by Crippen LogP contribution is 2.32. The van der Waals surface area contributed by atoms with Crippen LogP contribution in [0.2, 0.25) is 0 Å². The SMILES string of the molecule is CNC[C@@H]1CCN(Cc2ccc(F)c(C(F)(F)F)c2)C1. The van der Waals surface area contributed by atoms with Gasteiger partial charge in [-0.25, -0.2) is 4.39 Å². The Labute approximate surface area is 115 Å². The van der Waals surface area contributed by atoms with E-state index in [4.69, 9.17) is 0 Å². The molecular formula is C14H18F4N2. The number of alkyl halides is 3. The second-order valence-electron chi connectivity index (χ2n) is 5.26. The van der Waals surface area contributed by atoms with Gasteiger partial charge in [0.2, 0.25) is 0 Å². The summed E-state index contributed by atoms with van der Waals surface area (Å²) in [6, 6.07) is 3.25. The molecule has 1 saturated heterocycles. The van der Waals surface area contributed by atoms with Gasteiger partial charge in [-0.3, -0.25) is 4.90 Å². The summed E-state index contributed by atoms with van der Waals surface area (Å²) >= 11 is 0. The molecule has 0 saturated carbocycles. The molecular weight excluding hydrogens is 272 g/mol. The lowest BCUT2D eigenvalue weighted by Crippen LogP contribution is -2.24. The smallest absolute Gasteiger partial charge is 0.319 e. The van der Waals surface area contributed by atoms with E-state index in [0.29, 0.717) is 18.0 Å². The Morgan fingerprint density at radius 2 is 2.10 bits per heavy atom. The second-order valence-corrected chi connectivity index (χ2v) is 5.26. The van der Waals surface area contributed by atoms with Gasteiger partial charge in [-0.15, -0.1) is 0 Å². The summed E-state index contributed by atoms with van der Waals surface area (Å²) in [5, 5.41) is 3.11. The molecule has 1 heterocycles. The molecule has 0 aromatic heterocycles. The van der Waals surface area contributed by atoms with Crippen molar-refractivity contribution in [1.29, 1.82) is 0 Å². The Kier molecular flexibility index (Phi) is 4.65. The minimum atomic E-state index is -4.64. The van der Waals surface area contributed by atoms with Gasteiger partial charge in [0.25, 0.3) is 0 Å². The first-order valence-corrected chi connectivity index (χ1v) is 6.62. The van der Waals surface area contributed by atoms with E-state index in [1.54, 1.807) is 0 Å². The van der Waals surface area contributed by atoms with E-state index in [0.717, 1.165) is 38.2 Å². The number of nitrogens with zero attached hydrogens (tertiary/aromatic N) is 1. The number of hydrogen-bond donors (Lipinski definition) is 1. The molecule has 20 heavy (non-hydrogen) atoms. The largest absolute Gasteiger partial charge is 0.419 e. The molecule has 1 atom stereocenters. The zero-order valence-corrected chi connectivity index (χ0v) is 11.3. The van der Waals surface area contributed by atoms with Gasteiger partial charge in [-0.05, 0) is 50.2 Å². The van der Waals surface area contributed by atoms with Crippen molar-refractivity contribution in [2.24, 2.45) is 5.92 Å². The Hall–Kier alpha value is -1.14. The zero-order chi connectivity index (χ0) is 14.8. The first-order chi connectivity index (χ1) is 9.40. The molecule has 0 aliphatic carbocycles. The van der Waals surface area contributed by atoms with Crippen LogP contribution in [0.5, 0.6) is 0 Å². The third-order valence-corrected chi connectivity index (χ3v) is 3.61. The summed E-state index contributed by atoms with van der Waals surface area (Å²) in [5.74, 6) is -0.682. The predicted octanol–water partition coefficient (Wildman–Crippen LogP) is 2.89. The minimum absolute atomic E-state index is 0.434. The summed E-state index contributed by atoms with van der Waals surface area (Å²) in [7, 11) is 1.89. The quantitative estimate of drug-likeness (QED) is 0.858. The number of rotatable bonds is 4. The highest BCUT2D eigenvalue weighted by atomic mass is 19.4. The van der Waals surface area contributed by atoms with Crippen LogP contribution < -0.4 is 5.32 Å². The molecule has 0 bridgehead atoms. The molecule has 2 rings (SSSR count). The van der Waals surface area contributed by atoms with Crippen LogP contribution in [0, 0.1) is 11.7 Å². The minimum Gasteiger partial charge on any atom is -0.319 e. The van der Waals surface area contributed by atoms with Crippen LogP contribution in [0.1, 0.15) is 17.5 Å². The molecule has 1 aliphatic heterocycles. The van der Waals surface area contributed by atoms with Crippen molar-refractivity contribution < 1.29 is 17.6 Å². The van der Waals surface area contributed by atoms with Crippen LogP contribution in [0.3, 0.4) is 0 Å². The molecule has 1 aromatic carbocycles. The van der Waals surface area contributed by atoms with E-state index in [1.807, 2.05) is 7.05 Å². The van der Waals surface area contributed by atoms with Crippen LogP contribution >= 0.6 is 0 Å². The fourth-order valence-corrected chi connectivity index (χ4v) is 2.66. The second kappa shape index (κ2) is 6.10. The molecule has 1 aliphatic rings. The van der Waals surface area contributed by atoms with E-state index >= 15 is 0 Å². The van der Waals surface area contributed by atoms with Crippen LogP contribution in [0.15, 0.2) is 18.2 Å². The van der Waals surface area contributed by atoms with Gasteiger partial charge >= 0.3 is 6.18 Å². The molecule has 0 spiro atoms. The average Bonchev–Trinajstić information content (AvgIpc) is 2.78. The first kappa shape index (κ1) is 15.3. The van der Waals surface area contributed by atoms with E-state index in [9.17, 15) is 17.6 Å². The lowest BCUT2D eigenvalue weighted by Gasteiger charge is -2.17. The van der Waals surface area contributed by atoms with Gasteiger partial charge in [0.15, 0.2) is 0 Å². The zero-order valence-electron chi connectivity index (χ0n) is 11.3.